The second-order valence-corrected chi connectivity index (χ2v) is 33.9. The number of benzene rings is 7. The van der Waals surface area contributed by atoms with Gasteiger partial charge in [-0.3, -0.25) is 9.59 Å². The van der Waals surface area contributed by atoms with E-state index in [1.165, 1.54) is 45.1 Å². The topological polar surface area (TPSA) is 354 Å². The van der Waals surface area contributed by atoms with Crippen molar-refractivity contribution in [1.82, 2.24) is 44.7 Å². The molecule has 12 rings (SSSR count). The van der Waals surface area contributed by atoms with Gasteiger partial charge >= 0.3 is 18.2 Å². The Bertz CT molecular complexity index is 5320. The highest BCUT2D eigenvalue weighted by atomic mass is 35.5. The van der Waals surface area contributed by atoms with E-state index in [0.29, 0.717) is 87.6 Å². The number of carbonyl (C=O) groups excluding carboxylic acids is 4. The van der Waals surface area contributed by atoms with Crippen LogP contribution in [-0.2, 0) is 51.2 Å². The van der Waals surface area contributed by atoms with Gasteiger partial charge in [0.1, 0.15) is 34.2 Å². The van der Waals surface area contributed by atoms with Gasteiger partial charge in [0, 0.05) is 19.6 Å². The number of nitrogens with one attached hydrogen (secondary N) is 5. The molecule has 0 aliphatic heterocycles. The molecule has 10 N–H and O–H groups in total. The first-order chi connectivity index (χ1) is 54.4. The minimum absolute atomic E-state index is 0. The minimum atomic E-state index is -1.53. The van der Waals surface area contributed by atoms with Crippen molar-refractivity contribution in [1.29, 1.82) is 10.5 Å². The van der Waals surface area contributed by atoms with Crippen LogP contribution < -0.4 is 37.5 Å². The number of alkyl carbamates (subject to hydrolysis) is 2. The molecule has 2 saturated carbocycles. The number of halogens is 3. The number of hydrogen-bond donors (Lipinski definition) is 8. The van der Waals surface area contributed by atoms with E-state index < -0.39 is 79.6 Å². The molecule has 7 aromatic carbocycles. The highest BCUT2D eigenvalue weighted by Crippen LogP contribution is 2.44. The predicted molar refractivity (Wildman–Crippen MR) is 445 cm³/mol. The first-order valence-electron chi connectivity index (χ1n) is 38.0. The van der Waals surface area contributed by atoms with Gasteiger partial charge in [0.15, 0.2) is 5.69 Å². The molecule has 3 aromatic heterocycles. The third-order valence-electron chi connectivity index (χ3n) is 19.1. The van der Waals surface area contributed by atoms with Crippen LogP contribution in [0.3, 0.4) is 0 Å². The molecular formula is C88H100ClF2N15O9S. The van der Waals surface area contributed by atoms with Crippen molar-refractivity contribution in [2.75, 3.05) is 10.6 Å². The van der Waals surface area contributed by atoms with E-state index in [-0.39, 0.29) is 54.0 Å². The smallest absolute Gasteiger partial charge is 0.407 e. The van der Waals surface area contributed by atoms with E-state index in [0.717, 1.165) is 53.5 Å². The number of rotatable bonds is 25. The number of carboxylic acid groups (broad SMARTS) is 1. The molecule has 0 saturated heterocycles. The fraction of sp³-hybridized carbons (Fsp3) is 0.341. The molecule has 24 nitrogen and oxygen atoms in total. The maximum Gasteiger partial charge on any atom is 0.407 e. The number of aryl methyl sites for hydroxylation is 3. The molecule has 0 bridgehead atoms. The van der Waals surface area contributed by atoms with Gasteiger partial charge in [-0.05, 0) is 263 Å². The summed E-state index contributed by atoms with van der Waals surface area (Å²) in [6.07, 6.45) is 6.57. The van der Waals surface area contributed by atoms with Gasteiger partial charge in [-0.25, -0.2) is 46.1 Å². The Morgan fingerprint density at radius 3 is 1.31 bits per heavy atom. The Hall–Kier alpha value is -11.7. The number of amides is 4. The summed E-state index contributed by atoms with van der Waals surface area (Å²) in [5, 5.41) is 52.1. The summed E-state index contributed by atoms with van der Waals surface area (Å²) in [7, 11) is -1.53. The van der Waals surface area contributed by atoms with E-state index >= 15 is 8.78 Å². The van der Waals surface area contributed by atoms with Crippen LogP contribution in [0.2, 0.25) is 0 Å². The Morgan fingerprint density at radius 2 is 0.905 bits per heavy atom. The molecule has 2 aliphatic rings. The molecule has 2 unspecified atom stereocenters. The van der Waals surface area contributed by atoms with Crippen molar-refractivity contribution < 1.29 is 51.5 Å². The van der Waals surface area contributed by atoms with Crippen LogP contribution >= 0.6 is 12.4 Å². The molecule has 0 spiro atoms. The minimum Gasteiger partial charge on any atom is -0.477 e. The predicted octanol–water partition coefficient (Wildman–Crippen LogP) is 16.6. The third-order valence-corrected chi connectivity index (χ3v) is 20.8. The lowest BCUT2D eigenvalue weighted by Gasteiger charge is -2.38. The number of carbonyl (C=O) groups is 5. The van der Waals surface area contributed by atoms with Gasteiger partial charge in [0.05, 0.1) is 95.6 Å². The van der Waals surface area contributed by atoms with E-state index in [4.69, 9.17) is 20.9 Å². The molecule has 3 atom stereocenters. The van der Waals surface area contributed by atoms with Crippen LogP contribution in [-0.4, -0.2) is 84.6 Å². The van der Waals surface area contributed by atoms with Gasteiger partial charge in [0.25, 0.3) is 11.8 Å². The SMILES string of the molecule is Cc1cc(C(=O)Nc2cc(C(CCC3CC3)(N[S@@](=O)C(C)(C)C)c3ccc(C#N)cc3)ccc2F)n(-c2cccc(CNC(=O)OC(C)(C)C)c2)n1.Cc1cc(C(=O)Nc2cc(C(N)(CCC3CC3)c3ccc(C#N)cc3)ccc2F)n(-c2cccc(CN)c2)n1.Cc1cc(C(=O)O)n(-c2cccc(CNC(=O)OC(C)(C)C)c2)n1.Cl. The second kappa shape index (κ2) is 37.7. The molecule has 0 radical (unpaired) electrons. The molecule has 10 aromatic rings. The monoisotopic (exact) mass is 1620 g/mol. The Morgan fingerprint density at radius 1 is 0.526 bits per heavy atom. The summed E-state index contributed by atoms with van der Waals surface area (Å²) in [5.41, 5.74) is 20.4. The van der Waals surface area contributed by atoms with E-state index in [2.05, 4.69) is 53.4 Å². The molecule has 608 valence electrons. The van der Waals surface area contributed by atoms with Crippen LogP contribution in [0.5, 0.6) is 0 Å². The van der Waals surface area contributed by atoms with Crippen molar-refractivity contribution in [3.8, 4) is 29.2 Å². The lowest BCUT2D eigenvalue weighted by Crippen LogP contribution is -2.49. The number of anilines is 2. The summed E-state index contributed by atoms with van der Waals surface area (Å²) in [5.74, 6) is -2.14. The summed E-state index contributed by atoms with van der Waals surface area (Å²) in [6.45, 7) is 22.5. The number of nitrogens with zero attached hydrogens (tertiary/aromatic N) is 8. The number of hydrogen-bond acceptors (Lipinski definition) is 15. The zero-order valence-corrected chi connectivity index (χ0v) is 68.8. The maximum absolute atomic E-state index is 15.6. The number of aromatic carboxylic acids is 1. The van der Waals surface area contributed by atoms with Crippen LogP contribution in [0.1, 0.15) is 212 Å². The number of nitriles is 2. The van der Waals surface area contributed by atoms with Gasteiger partial charge in [-0.2, -0.15) is 25.8 Å². The van der Waals surface area contributed by atoms with Crippen molar-refractivity contribution >= 4 is 64.7 Å². The summed E-state index contributed by atoms with van der Waals surface area (Å²) in [6, 6.07) is 54.4. The highest BCUT2D eigenvalue weighted by Gasteiger charge is 2.41. The summed E-state index contributed by atoms with van der Waals surface area (Å²) in [4.78, 5) is 62.6. The molecule has 3 heterocycles. The fourth-order valence-electron chi connectivity index (χ4n) is 12.8. The highest BCUT2D eigenvalue weighted by molar-refractivity contribution is 7.84. The van der Waals surface area contributed by atoms with E-state index in [9.17, 15) is 43.8 Å². The van der Waals surface area contributed by atoms with Crippen LogP contribution in [0.15, 0.2) is 176 Å². The standard InChI is InChI=1S/C40H47FN6O4S.C31H31FN6O.C17H21N3O4.ClH/c1-26-21-35(47(45-26)32-10-8-9-29(22-32)25-43-37(49)51-38(2,3)4)36(48)44-34-23-31(17-18-33(34)41)40(20-19-27-11-12-27,46-52(50)39(5,6)7)30-15-13-28(24-42)14-16-30;1-20-15-29(38(37-20)26-4-2-3-23(16-26)19-34)30(39)36-28-17-25(11-12-27(28)32)31(35,14-13-21-5-6-21)24-9-7-22(18-33)8-10-24;1-11-8-14(15(21)22)20(19-11)13-7-5-6-12(9-13)10-18-16(23)24-17(2,3)4;/h8-10,13-18,21-23,27,46H,11-12,19-20,25H2,1-7H3,(H,43,49)(H,44,48);2-4,7-12,15-17,21H,5-6,13-14,19,34-35H2,1H3,(H,36,39);5-9H,10H2,1-4H3,(H,18,23)(H,21,22);1H/t40?,52-;;;/m0.../s1. The molecule has 28 heteroatoms. The van der Waals surface area contributed by atoms with Gasteiger partial charge < -0.3 is 47.3 Å². The zero-order chi connectivity index (χ0) is 83.3. The molecule has 2 aliphatic carbocycles. The number of ether oxygens (including phenoxy) is 2. The first-order valence-corrected chi connectivity index (χ1v) is 39.2. The summed E-state index contributed by atoms with van der Waals surface area (Å²) >= 11 is 0. The number of nitrogens with two attached hydrogens (primary N) is 2. The average molecular weight is 1620 g/mol. The maximum atomic E-state index is 15.6. The number of carboxylic acids is 1. The van der Waals surface area contributed by atoms with Crippen molar-refractivity contribution in [3.63, 3.8) is 0 Å². The first kappa shape index (κ1) is 88.2. The molecule has 116 heavy (non-hydrogen) atoms. The van der Waals surface area contributed by atoms with E-state index in [1.54, 1.807) is 159 Å². The van der Waals surface area contributed by atoms with Crippen LogP contribution in [0.25, 0.3) is 17.1 Å². The van der Waals surface area contributed by atoms with Crippen LogP contribution in [0, 0.1) is 66.9 Å². The van der Waals surface area contributed by atoms with Crippen molar-refractivity contribution in [2.24, 2.45) is 23.3 Å². The van der Waals surface area contributed by atoms with Crippen molar-refractivity contribution in [2.45, 2.75) is 181 Å². The van der Waals surface area contributed by atoms with E-state index in [1.807, 2.05) is 81.4 Å². The lowest BCUT2D eigenvalue weighted by atomic mass is 9.79. The second-order valence-electron chi connectivity index (χ2n) is 32.0. The third kappa shape index (κ3) is 23.5. The average Bonchev–Trinajstić information content (AvgIpc) is 0.992. The largest absolute Gasteiger partial charge is 0.477 e. The van der Waals surface area contributed by atoms with Gasteiger partial charge in [0.2, 0.25) is 0 Å². The van der Waals surface area contributed by atoms with Crippen LogP contribution in [0.4, 0.5) is 29.7 Å². The zero-order valence-electron chi connectivity index (χ0n) is 67.2. The Kier molecular flexibility index (Phi) is 28.7. The quantitative estimate of drug-likeness (QED) is 0.0263. The molecule has 2 fully saturated rings. The number of aromatic nitrogens is 6. The van der Waals surface area contributed by atoms with Gasteiger partial charge in [-0.1, -0.05) is 98.5 Å². The van der Waals surface area contributed by atoms with Gasteiger partial charge in [-0.15, -0.1) is 12.4 Å². The normalized spacial score (nSPS) is 13.8. The fourth-order valence-corrected chi connectivity index (χ4v) is 13.8. The molecular weight excluding hydrogens is 1520 g/mol. The molecule has 4 amide bonds. The Labute approximate surface area is 683 Å². The van der Waals surface area contributed by atoms with Crippen molar-refractivity contribution in [3.05, 3.63) is 272 Å². The Balaban J connectivity index is 0.000000211. The lowest BCUT2D eigenvalue weighted by molar-refractivity contribution is 0.0512. The summed E-state index contributed by atoms with van der Waals surface area (Å²) < 4.78 is 62.2.